The van der Waals surface area contributed by atoms with E-state index in [1.165, 1.54) is 58.1 Å². The summed E-state index contributed by atoms with van der Waals surface area (Å²) in [5.74, 6) is 9.03. The van der Waals surface area contributed by atoms with Crippen molar-refractivity contribution in [3.8, 4) is 23.7 Å². The first kappa shape index (κ1) is 64.8. The van der Waals surface area contributed by atoms with E-state index in [1.54, 1.807) is 62.8 Å². The predicted octanol–water partition coefficient (Wildman–Crippen LogP) is 5.86. The number of hydrogen-bond acceptors (Lipinski definition) is 13. The third-order valence-corrected chi connectivity index (χ3v) is 15.5. The first-order valence-corrected chi connectivity index (χ1v) is 27.3. The van der Waals surface area contributed by atoms with E-state index in [0.717, 1.165) is 105 Å². The van der Waals surface area contributed by atoms with E-state index < -0.39 is 59.2 Å². The topological polar surface area (TPSA) is 197 Å². The summed E-state index contributed by atoms with van der Waals surface area (Å²) in [6.07, 6.45) is 7.12. The number of ether oxygens (including phenoxy) is 4. The summed E-state index contributed by atoms with van der Waals surface area (Å²) in [5, 5.41) is 14.2. The van der Waals surface area contributed by atoms with Gasteiger partial charge in [-0.15, -0.1) is 0 Å². The number of aliphatic hydroxyl groups excluding tert-OH is 1. The monoisotopic (exact) mass is 1110 g/mol. The zero-order valence-electron chi connectivity index (χ0n) is 47.6. The highest BCUT2D eigenvalue weighted by molar-refractivity contribution is 6.15. The molecule has 0 radical (unpaired) electrons. The smallest absolute Gasteiger partial charge is 0.254 e. The summed E-state index contributed by atoms with van der Waals surface area (Å²) in [4.78, 5) is 84.3. The van der Waals surface area contributed by atoms with Crippen molar-refractivity contribution in [3.05, 3.63) is 142 Å². The number of carbonyl (C=O) groups excluding carboxylic acids is 6. The summed E-state index contributed by atoms with van der Waals surface area (Å²) in [6, 6.07) is 30.0. The van der Waals surface area contributed by atoms with Crippen LogP contribution in [0.25, 0.3) is 0 Å². The number of likely N-dealkylation sites (N-methyl/N-ethyl adjacent to an activating group) is 4. The summed E-state index contributed by atoms with van der Waals surface area (Å²) >= 11 is 0. The lowest BCUT2D eigenvalue weighted by Crippen LogP contribution is -2.62. The molecular formula is C64H82N6O11. The average molecular weight is 1110 g/mol. The van der Waals surface area contributed by atoms with Crippen LogP contribution < -0.4 is 10.6 Å². The predicted molar refractivity (Wildman–Crippen MR) is 311 cm³/mol. The van der Waals surface area contributed by atoms with Gasteiger partial charge in [0.15, 0.2) is 28.9 Å². The quantitative estimate of drug-likeness (QED) is 0.0793. The van der Waals surface area contributed by atoms with Crippen molar-refractivity contribution in [1.82, 2.24) is 30.2 Å². The largest absolute Gasteiger partial charge is 0.388 e. The average Bonchev–Trinajstić information content (AvgIpc) is 3.52. The molecule has 3 saturated heterocycles. The van der Waals surface area contributed by atoms with E-state index in [2.05, 4.69) is 68.4 Å². The van der Waals surface area contributed by atoms with Crippen molar-refractivity contribution < 1.29 is 52.8 Å². The van der Waals surface area contributed by atoms with Crippen LogP contribution in [0.3, 0.4) is 0 Å². The van der Waals surface area contributed by atoms with Crippen LogP contribution in [-0.2, 0) is 51.2 Å². The fraction of sp³-hybridized carbons (Fsp3) is 0.469. The number of nitrogens with zero attached hydrogens (tertiary/aromatic N) is 4. The van der Waals surface area contributed by atoms with Gasteiger partial charge in [-0.25, -0.2) is 0 Å². The van der Waals surface area contributed by atoms with Gasteiger partial charge in [-0.05, 0) is 143 Å². The van der Waals surface area contributed by atoms with E-state index >= 15 is 0 Å². The minimum Gasteiger partial charge on any atom is -0.388 e. The normalized spacial score (nSPS) is 17.3. The molecule has 7 rings (SSSR count). The third-order valence-electron chi connectivity index (χ3n) is 15.5. The van der Waals surface area contributed by atoms with Gasteiger partial charge in [0.2, 0.25) is 0 Å². The Labute approximate surface area is 479 Å². The van der Waals surface area contributed by atoms with E-state index in [9.17, 15) is 33.9 Å². The number of hydrogen-bond donors (Lipinski definition) is 3. The summed E-state index contributed by atoms with van der Waals surface area (Å²) in [7, 11) is 9.18. The molecule has 17 heteroatoms. The minimum atomic E-state index is -1.83. The molecule has 0 bridgehead atoms. The molecule has 17 nitrogen and oxygen atoms in total. The molecule has 3 atom stereocenters. The molecule has 3 aliphatic heterocycles. The molecule has 1 unspecified atom stereocenters. The maximum Gasteiger partial charge on any atom is 0.254 e. The SMILES string of the molecule is C.CNC(=O)[C@@](C)(C(=O)CO)N(C)C(=O)c1ccc(C#Cc2ccc(CN3CCC(OC)CC3)cc2)cc1.CNC(=O)[C@@](C)(C(=O)COC1CCCCO1)N(C)C(=O)c1ccc(C#Cc2ccc(CN3CCC(OC)CC3)cc2)cc1. The van der Waals surface area contributed by atoms with Crippen LogP contribution in [0.1, 0.15) is 120 Å². The first-order chi connectivity index (χ1) is 38.5. The molecule has 81 heavy (non-hydrogen) atoms. The number of carbonyl (C=O) groups is 6. The van der Waals surface area contributed by atoms with Gasteiger partial charge >= 0.3 is 0 Å². The number of rotatable bonds is 18. The molecule has 0 spiro atoms. The van der Waals surface area contributed by atoms with Crippen molar-refractivity contribution in [1.29, 1.82) is 0 Å². The van der Waals surface area contributed by atoms with Crippen LogP contribution in [0, 0.1) is 23.7 Å². The zero-order chi connectivity index (χ0) is 57.8. The molecule has 434 valence electrons. The van der Waals surface area contributed by atoms with Crippen molar-refractivity contribution in [2.75, 3.05) is 88.4 Å². The van der Waals surface area contributed by atoms with Gasteiger partial charge in [-0.1, -0.05) is 55.4 Å². The maximum absolute atomic E-state index is 13.4. The number of nitrogens with one attached hydrogen (secondary N) is 2. The van der Waals surface area contributed by atoms with E-state index in [1.807, 2.05) is 24.3 Å². The van der Waals surface area contributed by atoms with Gasteiger partial charge in [-0.3, -0.25) is 38.6 Å². The Morgan fingerprint density at radius 2 is 0.938 bits per heavy atom. The van der Waals surface area contributed by atoms with Crippen LogP contribution in [0.5, 0.6) is 0 Å². The highest BCUT2D eigenvalue weighted by Crippen LogP contribution is 2.24. The van der Waals surface area contributed by atoms with Crippen molar-refractivity contribution in [2.24, 2.45) is 0 Å². The Kier molecular flexibility index (Phi) is 25.0. The summed E-state index contributed by atoms with van der Waals surface area (Å²) in [6.45, 7) is 8.12. The Morgan fingerprint density at radius 1 is 0.580 bits per heavy atom. The minimum absolute atomic E-state index is 0. The molecule has 0 aliphatic carbocycles. The molecule has 3 aliphatic rings. The highest BCUT2D eigenvalue weighted by atomic mass is 16.7. The van der Waals surface area contributed by atoms with Gasteiger partial charge in [0.1, 0.15) is 13.2 Å². The number of Topliss-reactive ketones (excluding diaryl/α,β-unsaturated/α-hetero) is 2. The molecule has 3 heterocycles. The number of likely N-dealkylation sites (tertiary alicyclic amines) is 2. The van der Waals surface area contributed by atoms with Crippen LogP contribution in [0.4, 0.5) is 0 Å². The summed E-state index contributed by atoms with van der Waals surface area (Å²) in [5.41, 5.74) is 2.82. The summed E-state index contributed by atoms with van der Waals surface area (Å²) < 4.78 is 22.1. The Hall–Kier alpha value is -7.06. The standard InChI is InChI=1S/C34H43N3O6.C29H35N3O5.CH4/c1-34(33(40)35-2,30(38)24-43-31-7-5-6-22-42-31)36(3)32(39)28-16-14-26(15-17-28)9-8-25-10-12-27(13-11-25)23-37-20-18-29(41-4)19-21-37;1-29(26(34)20-33,28(36)30-2)31(3)27(35)24-13-11-22(12-14-24)6-5-21-7-9-23(10-8-21)19-32-17-15-25(37-4)16-18-32;/h10-17,29,31H,5-7,18-24H2,1-4H3,(H,35,40);7-14,25,33H,15-20H2,1-4H3,(H,30,36);1H4/t31?,34-;29-;/m11./s1. The second-order valence-electron chi connectivity index (χ2n) is 20.6. The molecule has 0 saturated carbocycles. The molecule has 3 N–H and O–H groups in total. The fourth-order valence-corrected chi connectivity index (χ4v) is 9.71. The second kappa shape index (κ2) is 31.2. The molecule has 4 aromatic carbocycles. The maximum atomic E-state index is 13.4. The number of aliphatic hydroxyl groups is 1. The molecule has 0 aromatic heterocycles. The number of piperidine rings is 2. The van der Waals surface area contributed by atoms with Crippen LogP contribution in [0.2, 0.25) is 0 Å². The lowest BCUT2D eigenvalue weighted by molar-refractivity contribution is -0.174. The molecular weight excluding hydrogens is 1030 g/mol. The Morgan fingerprint density at radius 3 is 1.26 bits per heavy atom. The van der Waals surface area contributed by atoms with Crippen molar-refractivity contribution in [3.63, 3.8) is 0 Å². The highest BCUT2D eigenvalue weighted by Gasteiger charge is 2.48. The van der Waals surface area contributed by atoms with Crippen molar-refractivity contribution >= 4 is 35.2 Å². The van der Waals surface area contributed by atoms with E-state index in [-0.39, 0.29) is 14.0 Å². The van der Waals surface area contributed by atoms with Gasteiger partial charge in [0.05, 0.1) is 12.2 Å². The fourth-order valence-electron chi connectivity index (χ4n) is 9.71. The van der Waals surface area contributed by atoms with Crippen LogP contribution >= 0.6 is 0 Å². The van der Waals surface area contributed by atoms with Gasteiger partial charge in [0, 0.05) is 122 Å². The number of benzene rings is 4. The lowest BCUT2D eigenvalue weighted by atomic mass is 9.92. The molecule has 4 amide bonds. The molecule has 4 aromatic rings. The van der Waals surface area contributed by atoms with Crippen LogP contribution in [0.15, 0.2) is 97.1 Å². The second-order valence-corrected chi connectivity index (χ2v) is 20.6. The number of ketones is 2. The number of methoxy groups -OCH3 is 2. The van der Waals surface area contributed by atoms with E-state index in [4.69, 9.17) is 18.9 Å². The first-order valence-electron chi connectivity index (χ1n) is 27.3. The zero-order valence-corrected chi connectivity index (χ0v) is 47.6. The lowest BCUT2D eigenvalue weighted by Gasteiger charge is -2.36. The van der Waals surface area contributed by atoms with Gasteiger partial charge in [-0.2, -0.15) is 0 Å². The Bertz CT molecular complexity index is 2830. The van der Waals surface area contributed by atoms with E-state index in [0.29, 0.717) is 36.4 Å². The van der Waals surface area contributed by atoms with Gasteiger partial charge < -0.3 is 44.5 Å². The van der Waals surface area contributed by atoms with Gasteiger partial charge in [0.25, 0.3) is 23.6 Å². The van der Waals surface area contributed by atoms with Crippen molar-refractivity contribution in [2.45, 2.75) is 109 Å². The molecule has 3 fully saturated rings. The van der Waals surface area contributed by atoms with Crippen LogP contribution in [-0.4, -0.2) is 178 Å². The third kappa shape index (κ3) is 17.2. The Balaban J connectivity index is 0.000000297. The number of amides is 4.